The van der Waals surface area contributed by atoms with E-state index in [1.54, 1.807) is 23.1 Å². The summed E-state index contributed by atoms with van der Waals surface area (Å²) < 4.78 is 5.63. The lowest BCUT2D eigenvalue weighted by Crippen LogP contribution is -2.38. The summed E-state index contributed by atoms with van der Waals surface area (Å²) in [6, 6.07) is 12.7. The molecular weight excluding hydrogens is 452 g/mol. The van der Waals surface area contributed by atoms with Crippen molar-refractivity contribution in [3.8, 4) is 5.75 Å². The minimum atomic E-state index is -0.651. The number of likely N-dealkylation sites (N-methyl/N-ethyl adjacent to an activating group) is 1. The van der Waals surface area contributed by atoms with Gasteiger partial charge in [0.05, 0.1) is 18.2 Å². The number of hydrogen-bond donors (Lipinski definition) is 1. The van der Waals surface area contributed by atoms with Gasteiger partial charge in [0.25, 0.3) is 11.7 Å². The van der Waals surface area contributed by atoms with Gasteiger partial charge in [0.15, 0.2) is 0 Å². The monoisotopic (exact) mass is 492 g/mol. The highest BCUT2D eigenvalue weighted by molar-refractivity contribution is 6.46. The van der Waals surface area contributed by atoms with Crippen molar-refractivity contribution in [1.29, 1.82) is 0 Å². The standard InChI is InChI=1S/C30H40N2O4/c1-8-31(9-2)17-18-32-26(21-11-14-23(15-12-21)30(5,6)7)25(28(34)29(32)35)27(33)22-13-16-24(36-10-3)20(4)19-22/h11-16,19,26,33H,8-10,17-18H2,1-7H3/b27-25+. The predicted molar refractivity (Wildman–Crippen MR) is 144 cm³/mol. The van der Waals surface area contributed by atoms with Crippen LogP contribution < -0.4 is 4.74 Å². The van der Waals surface area contributed by atoms with E-state index in [0.29, 0.717) is 25.3 Å². The number of nitrogens with zero attached hydrogens (tertiary/aromatic N) is 2. The molecule has 36 heavy (non-hydrogen) atoms. The van der Waals surface area contributed by atoms with Crippen molar-refractivity contribution in [3.63, 3.8) is 0 Å². The summed E-state index contributed by atoms with van der Waals surface area (Å²) >= 11 is 0. The van der Waals surface area contributed by atoms with Crippen molar-refractivity contribution >= 4 is 17.4 Å². The SMILES string of the molecule is CCOc1ccc(/C(O)=C2\C(=O)C(=O)N(CCN(CC)CC)C2c2ccc(C(C)(C)C)cc2)cc1C. The Bertz CT molecular complexity index is 1120. The minimum absolute atomic E-state index is 0.0249. The molecule has 1 unspecified atom stereocenters. The highest BCUT2D eigenvalue weighted by Crippen LogP contribution is 2.40. The number of likely N-dealkylation sites (tertiary alicyclic amines) is 1. The van der Waals surface area contributed by atoms with Crippen LogP contribution in [0.25, 0.3) is 5.76 Å². The van der Waals surface area contributed by atoms with Crippen LogP contribution in [-0.4, -0.2) is 59.4 Å². The van der Waals surface area contributed by atoms with Crippen molar-refractivity contribution < 1.29 is 19.4 Å². The molecule has 2 aromatic carbocycles. The molecule has 6 nitrogen and oxygen atoms in total. The zero-order chi connectivity index (χ0) is 26.6. The Kier molecular flexibility index (Phi) is 8.62. The normalized spacial score (nSPS) is 17.8. The Labute approximate surface area is 215 Å². The summed E-state index contributed by atoms with van der Waals surface area (Å²) in [7, 11) is 0. The molecule has 1 heterocycles. The number of amides is 1. The lowest BCUT2D eigenvalue weighted by molar-refractivity contribution is -0.140. The molecule has 6 heteroatoms. The predicted octanol–water partition coefficient (Wildman–Crippen LogP) is 5.45. The van der Waals surface area contributed by atoms with Crippen LogP contribution >= 0.6 is 0 Å². The summed E-state index contributed by atoms with van der Waals surface area (Å²) in [6.45, 7) is 17.7. The maximum atomic E-state index is 13.3. The molecule has 1 atom stereocenters. The third kappa shape index (κ3) is 5.65. The molecule has 194 valence electrons. The van der Waals surface area contributed by atoms with Gasteiger partial charge in [-0.15, -0.1) is 0 Å². The maximum absolute atomic E-state index is 13.3. The van der Waals surface area contributed by atoms with Crippen molar-refractivity contribution in [2.75, 3.05) is 32.8 Å². The van der Waals surface area contributed by atoms with E-state index in [1.165, 1.54) is 0 Å². The number of ketones is 1. The molecule has 0 bridgehead atoms. The zero-order valence-electron chi connectivity index (χ0n) is 22.7. The Balaban J connectivity index is 2.11. The van der Waals surface area contributed by atoms with Crippen LogP contribution in [0, 0.1) is 6.92 Å². The molecule has 0 radical (unpaired) electrons. The van der Waals surface area contributed by atoms with Gasteiger partial charge < -0.3 is 19.6 Å². The smallest absolute Gasteiger partial charge is 0.295 e. The van der Waals surface area contributed by atoms with Gasteiger partial charge in [-0.05, 0) is 67.2 Å². The summed E-state index contributed by atoms with van der Waals surface area (Å²) in [5, 5.41) is 11.4. The van der Waals surface area contributed by atoms with Gasteiger partial charge in [-0.3, -0.25) is 9.59 Å². The first-order valence-corrected chi connectivity index (χ1v) is 12.9. The van der Waals surface area contributed by atoms with Gasteiger partial charge in [0.2, 0.25) is 0 Å². The Morgan fingerprint density at radius 3 is 2.19 bits per heavy atom. The second kappa shape index (κ2) is 11.3. The van der Waals surface area contributed by atoms with Crippen LogP contribution in [0.5, 0.6) is 5.75 Å². The highest BCUT2D eigenvalue weighted by Gasteiger charge is 2.46. The van der Waals surface area contributed by atoms with Crippen LogP contribution in [0.15, 0.2) is 48.0 Å². The number of benzene rings is 2. The Morgan fingerprint density at radius 1 is 1.03 bits per heavy atom. The summed E-state index contributed by atoms with van der Waals surface area (Å²) in [4.78, 5) is 30.4. The molecule has 1 N–H and O–H groups in total. The Hall–Kier alpha value is -3.12. The van der Waals surface area contributed by atoms with Gasteiger partial charge in [-0.25, -0.2) is 0 Å². The quantitative estimate of drug-likeness (QED) is 0.286. The zero-order valence-corrected chi connectivity index (χ0v) is 22.7. The van der Waals surface area contributed by atoms with Crippen LogP contribution in [-0.2, 0) is 15.0 Å². The average molecular weight is 493 g/mol. The van der Waals surface area contributed by atoms with Gasteiger partial charge in [0.1, 0.15) is 11.5 Å². The molecule has 3 rings (SSSR count). The van der Waals surface area contributed by atoms with Crippen LogP contribution in [0.3, 0.4) is 0 Å². The van der Waals surface area contributed by atoms with E-state index in [9.17, 15) is 14.7 Å². The molecule has 1 amide bonds. The van der Waals surface area contributed by atoms with E-state index < -0.39 is 17.7 Å². The molecule has 0 spiro atoms. The van der Waals surface area contributed by atoms with E-state index in [-0.39, 0.29) is 16.7 Å². The van der Waals surface area contributed by atoms with Crippen molar-refractivity contribution in [3.05, 3.63) is 70.3 Å². The number of carbonyl (C=O) groups is 2. The molecule has 2 aromatic rings. The summed E-state index contributed by atoms with van der Waals surface area (Å²) in [5.41, 5.74) is 3.42. The molecule has 0 aromatic heterocycles. The molecular formula is C30H40N2O4. The number of carbonyl (C=O) groups excluding carboxylic acids is 2. The van der Waals surface area contributed by atoms with E-state index in [0.717, 1.165) is 35.5 Å². The minimum Gasteiger partial charge on any atom is -0.507 e. The number of rotatable bonds is 9. The largest absolute Gasteiger partial charge is 0.507 e. The fourth-order valence-electron chi connectivity index (χ4n) is 4.68. The van der Waals surface area contributed by atoms with Gasteiger partial charge in [-0.1, -0.05) is 58.9 Å². The number of aliphatic hydroxyl groups is 1. The summed E-state index contributed by atoms with van der Waals surface area (Å²) in [6.07, 6.45) is 0. The molecule has 1 aliphatic rings. The van der Waals surface area contributed by atoms with Gasteiger partial charge in [-0.2, -0.15) is 0 Å². The van der Waals surface area contributed by atoms with E-state index in [4.69, 9.17) is 4.74 Å². The van der Waals surface area contributed by atoms with E-state index >= 15 is 0 Å². The second-order valence-electron chi connectivity index (χ2n) is 10.3. The lowest BCUT2D eigenvalue weighted by Gasteiger charge is -2.28. The second-order valence-corrected chi connectivity index (χ2v) is 10.3. The third-order valence-corrected chi connectivity index (χ3v) is 6.93. The first-order valence-electron chi connectivity index (χ1n) is 12.9. The fraction of sp³-hybridized carbons (Fsp3) is 0.467. The molecule has 1 saturated heterocycles. The number of Topliss-reactive ketones (excluding diaryl/α,β-unsaturated/α-hetero) is 1. The molecule has 0 aliphatic carbocycles. The topological polar surface area (TPSA) is 70.1 Å². The van der Waals surface area contributed by atoms with Gasteiger partial charge >= 0.3 is 0 Å². The number of hydrogen-bond acceptors (Lipinski definition) is 5. The van der Waals surface area contributed by atoms with Gasteiger partial charge in [0, 0.05) is 18.7 Å². The molecule has 1 fully saturated rings. The van der Waals surface area contributed by atoms with Crippen molar-refractivity contribution in [2.24, 2.45) is 0 Å². The van der Waals surface area contributed by atoms with Crippen molar-refractivity contribution in [2.45, 2.75) is 59.9 Å². The first kappa shape index (κ1) is 27.5. The third-order valence-electron chi connectivity index (χ3n) is 6.93. The number of aryl methyl sites for hydroxylation is 1. The van der Waals surface area contributed by atoms with Crippen LogP contribution in [0.2, 0.25) is 0 Å². The van der Waals surface area contributed by atoms with Crippen LogP contribution in [0.4, 0.5) is 0 Å². The lowest BCUT2D eigenvalue weighted by atomic mass is 9.85. The average Bonchev–Trinajstić information content (AvgIpc) is 3.10. The number of ether oxygens (including phenoxy) is 1. The highest BCUT2D eigenvalue weighted by atomic mass is 16.5. The van der Waals surface area contributed by atoms with E-state index in [1.807, 2.05) is 38.1 Å². The fourth-order valence-corrected chi connectivity index (χ4v) is 4.68. The van der Waals surface area contributed by atoms with Crippen molar-refractivity contribution in [1.82, 2.24) is 9.80 Å². The summed E-state index contributed by atoms with van der Waals surface area (Å²) in [5.74, 6) is -0.655. The first-order chi connectivity index (χ1) is 17.0. The van der Waals surface area contributed by atoms with Crippen LogP contribution in [0.1, 0.15) is 69.8 Å². The Morgan fingerprint density at radius 2 is 1.67 bits per heavy atom. The molecule has 1 aliphatic heterocycles. The maximum Gasteiger partial charge on any atom is 0.295 e. The number of aliphatic hydroxyl groups excluding tert-OH is 1. The van der Waals surface area contributed by atoms with E-state index in [2.05, 4.69) is 39.5 Å². The molecule has 0 saturated carbocycles.